The Kier molecular flexibility index (Phi) is 6.19. The van der Waals surface area contributed by atoms with Gasteiger partial charge in [-0.3, -0.25) is 9.59 Å². The average molecular weight is 417 g/mol. The summed E-state index contributed by atoms with van der Waals surface area (Å²) in [6.45, 7) is 2.00. The number of nitrogens with zero attached hydrogens (tertiary/aromatic N) is 1. The predicted molar refractivity (Wildman–Crippen MR) is 110 cm³/mol. The molecular weight excluding hydrogens is 394 g/mol. The second kappa shape index (κ2) is 8.62. The van der Waals surface area contributed by atoms with Gasteiger partial charge in [-0.1, -0.05) is 6.07 Å². The van der Waals surface area contributed by atoms with Crippen LogP contribution in [0.3, 0.4) is 0 Å². The monoisotopic (exact) mass is 417 g/mol. The molecule has 2 amide bonds. The van der Waals surface area contributed by atoms with E-state index in [1.54, 1.807) is 41.3 Å². The molecule has 29 heavy (non-hydrogen) atoms. The zero-order valence-corrected chi connectivity index (χ0v) is 17.1. The van der Waals surface area contributed by atoms with E-state index in [-0.39, 0.29) is 29.7 Å². The summed E-state index contributed by atoms with van der Waals surface area (Å²) in [5, 5.41) is 2.70. The van der Waals surface area contributed by atoms with Crippen molar-refractivity contribution >= 4 is 33.2 Å². The maximum absolute atomic E-state index is 12.5. The number of carbonyl (C=O) groups excluding carboxylic acids is 2. The summed E-state index contributed by atoms with van der Waals surface area (Å²) in [6, 6.07) is 11.6. The van der Waals surface area contributed by atoms with Gasteiger partial charge in [-0.15, -0.1) is 0 Å². The zero-order valence-electron chi connectivity index (χ0n) is 16.3. The van der Waals surface area contributed by atoms with Crippen LogP contribution in [-0.4, -0.2) is 40.4 Å². The van der Waals surface area contributed by atoms with Gasteiger partial charge in [0.1, 0.15) is 5.75 Å². The molecule has 1 aliphatic rings. The number of hydrogen-bond acceptors (Lipinski definition) is 5. The van der Waals surface area contributed by atoms with Crippen LogP contribution in [0.2, 0.25) is 0 Å². The quantitative estimate of drug-likeness (QED) is 0.716. The largest absolute Gasteiger partial charge is 0.497 e. The van der Waals surface area contributed by atoms with Gasteiger partial charge in [-0.05, 0) is 42.3 Å². The first-order valence-electron chi connectivity index (χ1n) is 9.15. The van der Waals surface area contributed by atoms with Gasteiger partial charge in [0.2, 0.25) is 21.8 Å². The van der Waals surface area contributed by atoms with E-state index < -0.39 is 10.0 Å². The minimum Gasteiger partial charge on any atom is -0.497 e. The molecule has 0 atom stereocenters. The van der Waals surface area contributed by atoms with Crippen molar-refractivity contribution in [2.45, 2.75) is 24.7 Å². The highest BCUT2D eigenvalue weighted by molar-refractivity contribution is 7.89. The van der Waals surface area contributed by atoms with Crippen molar-refractivity contribution in [1.82, 2.24) is 4.72 Å². The Morgan fingerprint density at radius 1 is 1.17 bits per heavy atom. The second-order valence-electron chi connectivity index (χ2n) is 6.64. The van der Waals surface area contributed by atoms with E-state index >= 15 is 0 Å². The molecule has 9 heteroatoms. The first-order valence-corrected chi connectivity index (χ1v) is 10.6. The molecule has 3 rings (SSSR count). The second-order valence-corrected chi connectivity index (χ2v) is 8.41. The summed E-state index contributed by atoms with van der Waals surface area (Å²) >= 11 is 0. The van der Waals surface area contributed by atoms with Crippen molar-refractivity contribution in [3.05, 3.63) is 48.0 Å². The maximum Gasteiger partial charge on any atom is 0.240 e. The first kappa shape index (κ1) is 20.8. The Balaban J connectivity index is 1.57. The maximum atomic E-state index is 12.5. The number of anilines is 2. The van der Waals surface area contributed by atoms with E-state index in [1.807, 2.05) is 0 Å². The normalized spacial score (nSPS) is 13.1. The van der Waals surface area contributed by atoms with Gasteiger partial charge < -0.3 is 15.0 Å². The van der Waals surface area contributed by atoms with Crippen LogP contribution in [0, 0.1) is 0 Å². The van der Waals surface area contributed by atoms with Gasteiger partial charge in [0, 0.05) is 43.9 Å². The van der Waals surface area contributed by atoms with Crippen LogP contribution in [0.1, 0.15) is 18.9 Å². The van der Waals surface area contributed by atoms with Crippen molar-refractivity contribution in [2.75, 3.05) is 30.4 Å². The summed E-state index contributed by atoms with van der Waals surface area (Å²) in [6.07, 6.45) is 0.598. The lowest BCUT2D eigenvalue weighted by Crippen LogP contribution is -2.28. The fraction of sp³-hybridized carbons (Fsp3) is 0.300. The smallest absolute Gasteiger partial charge is 0.240 e. The highest BCUT2D eigenvalue weighted by Gasteiger charge is 2.24. The molecule has 0 unspecified atom stereocenters. The Bertz CT molecular complexity index is 1040. The summed E-state index contributed by atoms with van der Waals surface area (Å²) in [4.78, 5) is 25.4. The van der Waals surface area contributed by atoms with Crippen LogP contribution in [0.15, 0.2) is 47.4 Å². The number of amides is 2. The molecule has 8 nitrogen and oxygen atoms in total. The van der Waals surface area contributed by atoms with Gasteiger partial charge in [-0.25, -0.2) is 13.1 Å². The average Bonchev–Trinajstić information content (AvgIpc) is 3.11. The van der Waals surface area contributed by atoms with Crippen LogP contribution in [-0.2, 0) is 26.0 Å². The summed E-state index contributed by atoms with van der Waals surface area (Å²) in [5.41, 5.74) is 2.14. The number of nitrogens with one attached hydrogen (secondary N) is 2. The van der Waals surface area contributed by atoms with E-state index in [4.69, 9.17) is 4.74 Å². The van der Waals surface area contributed by atoms with Gasteiger partial charge in [-0.2, -0.15) is 0 Å². The summed E-state index contributed by atoms with van der Waals surface area (Å²) < 4.78 is 32.6. The highest BCUT2D eigenvalue weighted by Crippen LogP contribution is 2.30. The fourth-order valence-corrected chi connectivity index (χ4v) is 4.26. The Morgan fingerprint density at radius 3 is 2.69 bits per heavy atom. The number of methoxy groups -OCH3 is 1. The standard InChI is InChI=1S/C20H23N3O5S/c1-14(24)23-11-9-15-12-18(6-7-19(15)23)29(26,27)21-10-8-20(25)22-16-4-3-5-17(13-16)28-2/h3-7,12-13,21H,8-11H2,1-2H3,(H,22,25). The lowest BCUT2D eigenvalue weighted by atomic mass is 10.2. The summed E-state index contributed by atoms with van der Waals surface area (Å²) in [7, 11) is -2.22. The minimum atomic E-state index is -3.75. The third-order valence-electron chi connectivity index (χ3n) is 4.63. The fourth-order valence-electron chi connectivity index (χ4n) is 3.18. The molecule has 0 saturated heterocycles. The molecule has 154 valence electrons. The minimum absolute atomic E-state index is 0.0144. The van der Waals surface area contributed by atoms with E-state index in [2.05, 4.69) is 10.0 Å². The molecule has 0 spiro atoms. The molecule has 1 heterocycles. The van der Waals surface area contributed by atoms with Gasteiger partial charge >= 0.3 is 0 Å². The molecule has 0 saturated carbocycles. The van der Waals surface area contributed by atoms with Gasteiger partial charge in [0.25, 0.3) is 0 Å². The lowest BCUT2D eigenvalue weighted by molar-refractivity contribution is -0.117. The van der Waals surface area contributed by atoms with Crippen LogP contribution in [0.4, 0.5) is 11.4 Å². The third-order valence-corrected chi connectivity index (χ3v) is 6.09. The Morgan fingerprint density at radius 2 is 1.97 bits per heavy atom. The van der Waals surface area contributed by atoms with Crippen molar-refractivity contribution < 1.29 is 22.7 Å². The molecule has 2 N–H and O–H groups in total. The lowest BCUT2D eigenvalue weighted by Gasteiger charge is -2.15. The van der Waals surface area contributed by atoms with Crippen molar-refractivity contribution in [1.29, 1.82) is 0 Å². The van der Waals surface area contributed by atoms with Gasteiger partial charge in [0.05, 0.1) is 12.0 Å². The molecule has 0 aliphatic carbocycles. The number of sulfonamides is 1. The number of fused-ring (bicyclic) bond motifs is 1. The molecule has 2 aromatic rings. The molecule has 0 aromatic heterocycles. The highest BCUT2D eigenvalue weighted by atomic mass is 32.2. The molecular formula is C20H23N3O5S. The van der Waals surface area contributed by atoms with Crippen LogP contribution >= 0.6 is 0 Å². The van der Waals surface area contributed by atoms with Crippen molar-refractivity contribution in [3.8, 4) is 5.75 Å². The number of rotatable bonds is 7. The molecule has 1 aliphatic heterocycles. The Hall–Kier alpha value is -2.91. The van der Waals surface area contributed by atoms with E-state index in [0.29, 0.717) is 24.4 Å². The molecule has 2 aromatic carbocycles. The van der Waals surface area contributed by atoms with Crippen LogP contribution in [0.25, 0.3) is 0 Å². The SMILES string of the molecule is COc1cccc(NC(=O)CCNS(=O)(=O)c2ccc3c(c2)CCN3C(C)=O)c1. The van der Waals surface area contributed by atoms with Gasteiger partial charge in [0.15, 0.2) is 0 Å². The number of hydrogen-bond donors (Lipinski definition) is 2. The summed E-state index contributed by atoms with van der Waals surface area (Å²) in [5.74, 6) is 0.231. The molecule has 0 fully saturated rings. The number of ether oxygens (including phenoxy) is 1. The number of carbonyl (C=O) groups is 2. The molecule has 0 bridgehead atoms. The Labute approximate surface area is 169 Å². The predicted octanol–water partition coefficient (Wildman–Crippen LogP) is 1.91. The van der Waals surface area contributed by atoms with Crippen LogP contribution < -0.4 is 19.7 Å². The van der Waals surface area contributed by atoms with Crippen molar-refractivity contribution in [3.63, 3.8) is 0 Å². The van der Waals surface area contributed by atoms with Crippen LogP contribution in [0.5, 0.6) is 5.75 Å². The number of benzene rings is 2. The van der Waals surface area contributed by atoms with Crippen molar-refractivity contribution in [2.24, 2.45) is 0 Å². The topological polar surface area (TPSA) is 105 Å². The zero-order chi connectivity index (χ0) is 21.0. The third kappa shape index (κ3) is 4.93. The van der Waals surface area contributed by atoms with E-state index in [9.17, 15) is 18.0 Å². The molecule has 0 radical (unpaired) electrons. The first-order chi connectivity index (χ1) is 13.8. The van der Waals surface area contributed by atoms with E-state index in [1.165, 1.54) is 20.1 Å². The van der Waals surface area contributed by atoms with E-state index in [0.717, 1.165) is 11.3 Å².